The van der Waals surface area contributed by atoms with Gasteiger partial charge in [-0.25, -0.2) is 9.97 Å². The molecule has 150 valence electrons. The van der Waals surface area contributed by atoms with Crippen LogP contribution in [0.25, 0.3) is 22.0 Å². The van der Waals surface area contributed by atoms with Crippen LogP contribution in [0.4, 0.5) is 11.6 Å². The van der Waals surface area contributed by atoms with Gasteiger partial charge < -0.3 is 16.0 Å². The first-order valence-electron chi connectivity index (χ1n) is 10.7. The Bertz CT molecular complexity index is 998. The Morgan fingerprint density at radius 1 is 1.03 bits per heavy atom. The lowest BCUT2D eigenvalue weighted by atomic mass is 9.95. The van der Waals surface area contributed by atoms with E-state index in [-0.39, 0.29) is 6.04 Å². The van der Waals surface area contributed by atoms with Gasteiger partial charge in [0.05, 0.1) is 5.69 Å². The van der Waals surface area contributed by atoms with Crippen molar-refractivity contribution in [3.05, 3.63) is 42.9 Å². The van der Waals surface area contributed by atoms with Crippen molar-refractivity contribution in [2.24, 2.45) is 5.73 Å². The SMILES string of the molecule is NC1CCN(c2nc(-c3ccnc(NC4CCCCC4)c3)cc3cnccc23)C1. The van der Waals surface area contributed by atoms with Gasteiger partial charge in [0.15, 0.2) is 0 Å². The fourth-order valence-electron chi connectivity index (χ4n) is 4.57. The summed E-state index contributed by atoms with van der Waals surface area (Å²) >= 11 is 0. The molecule has 3 aromatic heterocycles. The van der Waals surface area contributed by atoms with Crippen molar-refractivity contribution in [1.29, 1.82) is 0 Å². The fourth-order valence-corrected chi connectivity index (χ4v) is 4.57. The minimum Gasteiger partial charge on any atom is -0.367 e. The smallest absolute Gasteiger partial charge is 0.137 e. The molecule has 0 spiro atoms. The second-order valence-electron chi connectivity index (χ2n) is 8.33. The normalized spacial score (nSPS) is 20.3. The topological polar surface area (TPSA) is 80.0 Å². The Morgan fingerprint density at radius 3 is 2.76 bits per heavy atom. The van der Waals surface area contributed by atoms with Gasteiger partial charge in [-0.1, -0.05) is 19.3 Å². The van der Waals surface area contributed by atoms with Crippen LogP contribution in [0.5, 0.6) is 0 Å². The van der Waals surface area contributed by atoms with Crippen LogP contribution in [0.3, 0.4) is 0 Å². The molecule has 6 nitrogen and oxygen atoms in total. The molecule has 1 saturated carbocycles. The Labute approximate surface area is 171 Å². The molecule has 4 heterocycles. The van der Waals surface area contributed by atoms with Gasteiger partial charge in [-0.2, -0.15) is 0 Å². The molecule has 2 aliphatic rings. The molecular formula is C23H28N6. The highest BCUT2D eigenvalue weighted by atomic mass is 15.2. The predicted molar refractivity (Wildman–Crippen MR) is 118 cm³/mol. The lowest BCUT2D eigenvalue weighted by molar-refractivity contribution is 0.462. The molecule has 1 unspecified atom stereocenters. The third-order valence-corrected chi connectivity index (χ3v) is 6.15. The lowest BCUT2D eigenvalue weighted by Crippen LogP contribution is -2.27. The van der Waals surface area contributed by atoms with Crippen molar-refractivity contribution in [3.8, 4) is 11.3 Å². The zero-order chi connectivity index (χ0) is 19.6. The number of hydrogen-bond donors (Lipinski definition) is 2. The summed E-state index contributed by atoms with van der Waals surface area (Å²) < 4.78 is 0. The third-order valence-electron chi connectivity index (χ3n) is 6.15. The molecule has 1 saturated heterocycles. The summed E-state index contributed by atoms with van der Waals surface area (Å²) in [5, 5.41) is 5.86. The van der Waals surface area contributed by atoms with Gasteiger partial charge in [0.25, 0.3) is 0 Å². The fraction of sp³-hybridized carbons (Fsp3) is 0.435. The highest BCUT2D eigenvalue weighted by Crippen LogP contribution is 2.32. The zero-order valence-corrected chi connectivity index (χ0v) is 16.7. The second kappa shape index (κ2) is 7.95. The molecule has 3 aromatic rings. The number of anilines is 2. The summed E-state index contributed by atoms with van der Waals surface area (Å²) in [4.78, 5) is 16.2. The lowest BCUT2D eigenvalue weighted by Gasteiger charge is -2.23. The number of hydrogen-bond acceptors (Lipinski definition) is 6. The number of nitrogens with one attached hydrogen (secondary N) is 1. The molecular weight excluding hydrogens is 360 g/mol. The van der Waals surface area contributed by atoms with E-state index in [0.29, 0.717) is 6.04 Å². The number of rotatable bonds is 4. The average molecular weight is 389 g/mol. The molecule has 1 atom stereocenters. The van der Waals surface area contributed by atoms with Crippen LogP contribution in [-0.2, 0) is 0 Å². The largest absolute Gasteiger partial charge is 0.367 e. The minimum atomic E-state index is 0.213. The standard InChI is InChI=1S/C23H28N6/c24-18-8-11-29(15-18)23-20-7-9-25-14-17(20)12-21(28-23)16-6-10-26-22(13-16)27-19-4-2-1-3-5-19/h6-7,9-10,12-14,18-19H,1-5,8,11,15,24H2,(H,26,27). The van der Waals surface area contributed by atoms with Gasteiger partial charge in [0.2, 0.25) is 0 Å². The summed E-state index contributed by atoms with van der Waals surface area (Å²) in [6.45, 7) is 1.79. The Kier molecular flexibility index (Phi) is 5.02. The van der Waals surface area contributed by atoms with E-state index >= 15 is 0 Å². The maximum atomic E-state index is 6.17. The number of nitrogens with two attached hydrogens (primary N) is 1. The maximum absolute atomic E-state index is 6.17. The first-order chi connectivity index (χ1) is 14.3. The number of aromatic nitrogens is 3. The maximum Gasteiger partial charge on any atom is 0.137 e. The molecule has 0 bridgehead atoms. The van der Waals surface area contributed by atoms with Crippen LogP contribution in [-0.4, -0.2) is 40.1 Å². The highest BCUT2D eigenvalue weighted by Gasteiger charge is 2.23. The molecule has 29 heavy (non-hydrogen) atoms. The van der Waals surface area contributed by atoms with E-state index < -0.39 is 0 Å². The van der Waals surface area contributed by atoms with Gasteiger partial charge >= 0.3 is 0 Å². The molecule has 5 rings (SSSR count). The van der Waals surface area contributed by atoms with Crippen molar-refractivity contribution < 1.29 is 0 Å². The molecule has 0 amide bonds. The van der Waals surface area contributed by atoms with E-state index in [1.54, 1.807) is 0 Å². The number of nitrogens with zero attached hydrogens (tertiary/aromatic N) is 4. The van der Waals surface area contributed by atoms with Crippen LogP contribution >= 0.6 is 0 Å². The second-order valence-corrected chi connectivity index (χ2v) is 8.33. The molecule has 0 aromatic carbocycles. The van der Waals surface area contributed by atoms with Crippen LogP contribution in [0.15, 0.2) is 42.9 Å². The summed E-state index contributed by atoms with van der Waals surface area (Å²) in [5.41, 5.74) is 8.20. The Hall–Kier alpha value is -2.73. The van der Waals surface area contributed by atoms with Crippen LogP contribution in [0.2, 0.25) is 0 Å². The molecule has 6 heteroatoms. The molecule has 1 aliphatic carbocycles. The molecule has 1 aliphatic heterocycles. The van der Waals surface area contributed by atoms with E-state index in [4.69, 9.17) is 10.7 Å². The average Bonchev–Trinajstić information content (AvgIpc) is 3.20. The quantitative estimate of drug-likeness (QED) is 0.704. The first kappa shape index (κ1) is 18.3. The van der Waals surface area contributed by atoms with E-state index in [1.165, 1.54) is 32.1 Å². The number of fused-ring (bicyclic) bond motifs is 1. The Balaban J connectivity index is 1.50. The molecule has 0 radical (unpaired) electrons. The molecule has 2 fully saturated rings. The van der Waals surface area contributed by atoms with Gasteiger partial charge in [0.1, 0.15) is 11.6 Å². The van der Waals surface area contributed by atoms with Crippen molar-refractivity contribution >= 4 is 22.4 Å². The first-order valence-corrected chi connectivity index (χ1v) is 10.7. The predicted octanol–water partition coefficient (Wildman–Crippen LogP) is 3.97. The molecule has 3 N–H and O–H groups in total. The van der Waals surface area contributed by atoms with Crippen molar-refractivity contribution in [2.45, 2.75) is 50.6 Å². The summed E-state index contributed by atoms with van der Waals surface area (Å²) in [6.07, 6.45) is 13.0. The van der Waals surface area contributed by atoms with E-state index in [2.05, 4.69) is 32.3 Å². The minimum absolute atomic E-state index is 0.213. The highest BCUT2D eigenvalue weighted by molar-refractivity contribution is 5.94. The monoisotopic (exact) mass is 388 g/mol. The summed E-state index contributed by atoms with van der Waals surface area (Å²) in [5.74, 6) is 1.94. The summed E-state index contributed by atoms with van der Waals surface area (Å²) in [7, 11) is 0. The van der Waals surface area contributed by atoms with E-state index in [9.17, 15) is 0 Å². The van der Waals surface area contributed by atoms with E-state index in [0.717, 1.165) is 53.2 Å². The zero-order valence-electron chi connectivity index (χ0n) is 16.7. The van der Waals surface area contributed by atoms with Crippen molar-refractivity contribution in [1.82, 2.24) is 15.0 Å². The van der Waals surface area contributed by atoms with Crippen molar-refractivity contribution in [3.63, 3.8) is 0 Å². The van der Waals surface area contributed by atoms with Gasteiger partial charge in [0, 0.05) is 60.1 Å². The summed E-state index contributed by atoms with van der Waals surface area (Å²) in [6, 6.07) is 9.08. The van der Waals surface area contributed by atoms with Gasteiger partial charge in [-0.15, -0.1) is 0 Å². The van der Waals surface area contributed by atoms with Crippen molar-refractivity contribution in [2.75, 3.05) is 23.3 Å². The van der Waals surface area contributed by atoms with E-state index in [1.807, 2.05) is 30.7 Å². The third kappa shape index (κ3) is 3.90. The number of pyridine rings is 3. The van der Waals surface area contributed by atoms with Crippen LogP contribution in [0.1, 0.15) is 38.5 Å². The van der Waals surface area contributed by atoms with Crippen LogP contribution in [0, 0.1) is 0 Å². The van der Waals surface area contributed by atoms with Gasteiger partial charge in [-0.3, -0.25) is 4.98 Å². The van der Waals surface area contributed by atoms with Crippen LogP contribution < -0.4 is 16.0 Å². The Morgan fingerprint density at radius 2 is 1.93 bits per heavy atom. The van der Waals surface area contributed by atoms with Gasteiger partial charge in [-0.05, 0) is 43.5 Å².